The van der Waals surface area contributed by atoms with Crippen LogP contribution in [0.5, 0.6) is 0 Å². The maximum absolute atomic E-state index is 12.6. The first-order valence-corrected chi connectivity index (χ1v) is 21.2. The Labute approximate surface area is 303 Å². The van der Waals surface area contributed by atoms with Crippen molar-refractivity contribution >= 4 is 25.7 Å². The van der Waals surface area contributed by atoms with Gasteiger partial charge in [0.05, 0.1) is 13.2 Å². The zero-order valence-electron chi connectivity index (χ0n) is 31.3. The molecule has 0 aromatic heterocycles. The lowest BCUT2D eigenvalue weighted by molar-refractivity contribution is -0.161. The van der Waals surface area contributed by atoms with Gasteiger partial charge in [0.15, 0.2) is 6.10 Å². The molecule has 0 heterocycles. The van der Waals surface area contributed by atoms with Gasteiger partial charge in [0.25, 0.3) is 0 Å². The van der Waals surface area contributed by atoms with Crippen molar-refractivity contribution in [2.24, 2.45) is 5.73 Å². The van der Waals surface area contributed by atoms with Crippen molar-refractivity contribution < 1.29 is 47.5 Å². The Hall–Kier alpha value is -1.78. The van der Waals surface area contributed by atoms with Gasteiger partial charge in [0.2, 0.25) is 0 Å². The van der Waals surface area contributed by atoms with Gasteiger partial charge < -0.3 is 25.2 Å². The highest BCUT2D eigenvalue weighted by molar-refractivity contribution is 7.47. The van der Waals surface area contributed by atoms with Crippen molar-refractivity contribution in [3.8, 4) is 0 Å². The van der Waals surface area contributed by atoms with E-state index >= 15 is 0 Å². The first-order valence-electron chi connectivity index (χ1n) is 19.7. The first kappa shape index (κ1) is 48.2. The second-order valence-electron chi connectivity index (χ2n) is 13.5. The molecule has 0 aliphatic rings. The summed E-state index contributed by atoms with van der Waals surface area (Å²) in [4.78, 5) is 45.7. The topological polar surface area (TPSA) is 172 Å². The molecule has 1 unspecified atom stereocenters. The fraction of sp³-hybridized carbons (Fsp3) is 0.868. The molecule has 50 heavy (non-hydrogen) atoms. The zero-order chi connectivity index (χ0) is 37.1. The second-order valence-corrected chi connectivity index (χ2v) is 15.0. The summed E-state index contributed by atoms with van der Waals surface area (Å²) in [5.74, 6) is -2.37. The van der Waals surface area contributed by atoms with Crippen LogP contribution < -0.4 is 5.73 Å². The molecule has 0 saturated carbocycles. The number of hydrogen-bond donors (Lipinski definition) is 3. The van der Waals surface area contributed by atoms with E-state index in [1.165, 1.54) is 103 Å². The van der Waals surface area contributed by atoms with Crippen molar-refractivity contribution in [1.29, 1.82) is 0 Å². The van der Waals surface area contributed by atoms with Gasteiger partial charge in [-0.25, -0.2) is 4.57 Å². The average Bonchev–Trinajstić information content (AvgIpc) is 3.09. The number of phosphoric acid groups is 1. The quantitative estimate of drug-likeness (QED) is 0.0239. The summed E-state index contributed by atoms with van der Waals surface area (Å²) >= 11 is 0. The van der Waals surface area contributed by atoms with Crippen molar-refractivity contribution in [2.75, 3.05) is 19.8 Å². The second kappa shape index (κ2) is 34.3. The Morgan fingerprint density at radius 2 is 1.04 bits per heavy atom. The molecule has 12 heteroatoms. The number of ether oxygens (including phenoxy) is 2. The molecule has 11 nitrogen and oxygen atoms in total. The van der Waals surface area contributed by atoms with Crippen LogP contribution in [0.15, 0.2) is 12.7 Å². The molecule has 294 valence electrons. The predicted octanol–water partition coefficient (Wildman–Crippen LogP) is 9.73. The molecule has 3 atom stereocenters. The Bertz CT molecular complexity index is 903. The van der Waals surface area contributed by atoms with Gasteiger partial charge >= 0.3 is 25.7 Å². The van der Waals surface area contributed by atoms with Crippen molar-refractivity contribution in [1.82, 2.24) is 0 Å². The Morgan fingerprint density at radius 3 is 1.48 bits per heavy atom. The summed E-state index contributed by atoms with van der Waals surface area (Å²) < 4.78 is 32.6. The van der Waals surface area contributed by atoms with E-state index < -0.39 is 51.1 Å². The van der Waals surface area contributed by atoms with E-state index in [2.05, 4.69) is 18.0 Å². The number of rotatable bonds is 38. The maximum atomic E-state index is 12.6. The Morgan fingerprint density at radius 1 is 0.640 bits per heavy atom. The van der Waals surface area contributed by atoms with E-state index in [0.717, 1.165) is 44.9 Å². The van der Waals surface area contributed by atoms with Crippen LogP contribution in [0, 0.1) is 0 Å². The minimum absolute atomic E-state index is 0.163. The smallest absolute Gasteiger partial charge is 0.472 e. The summed E-state index contributed by atoms with van der Waals surface area (Å²) in [6.45, 7) is 4.31. The largest absolute Gasteiger partial charge is 0.480 e. The normalized spacial score (nSPS) is 13.7. The van der Waals surface area contributed by atoms with Gasteiger partial charge in [0.1, 0.15) is 12.6 Å². The molecule has 0 aromatic rings. The maximum Gasteiger partial charge on any atom is 0.472 e. The van der Waals surface area contributed by atoms with Crippen LogP contribution in [0.4, 0.5) is 0 Å². The summed E-state index contributed by atoms with van der Waals surface area (Å²) in [6, 6.07) is -1.52. The number of carboxylic acid groups (broad SMARTS) is 1. The fourth-order valence-electron chi connectivity index (χ4n) is 5.52. The van der Waals surface area contributed by atoms with E-state index in [-0.39, 0.29) is 19.4 Å². The average molecular weight is 734 g/mol. The van der Waals surface area contributed by atoms with E-state index in [0.29, 0.717) is 12.8 Å². The number of phosphoric ester groups is 1. The lowest BCUT2D eigenvalue weighted by Crippen LogP contribution is -2.34. The number of aliphatic carboxylic acids is 1. The van der Waals surface area contributed by atoms with Crippen molar-refractivity contribution in [3.05, 3.63) is 12.7 Å². The van der Waals surface area contributed by atoms with Crippen molar-refractivity contribution in [2.45, 2.75) is 192 Å². The third-order valence-corrected chi connectivity index (χ3v) is 9.61. The Kier molecular flexibility index (Phi) is 33.1. The molecule has 0 bridgehead atoms. The van der Waals surface area contributed by atoms with E-state index in [4.69, 9.17) is 24.8 Å². The van der Waals surface area contributed by atoms with E-state index in [9.17, 15) is 23.8 Å². The minimum Gasteiger partial charge on any atom is -0.480 e. The monoisotopic (exact) mass is 733 g/mol. The summed E-state index contributed by atoms with van der Waals surface area (Å²) in [6.07, 6.45) is 30.3. The molecule has 0 spiro atoms. The SMILES string of the molecule is C=CCCCCCCCCCCCCCCCC(=O)O[C@H](COC(=O)CCCCCCCCCCCCC)COP(=O)(O)OC[C@H](N)C(=O)O. The summed E-state index contributed by atoms with van der Waals surface area (Å²) in [7, 11) is -4.70. The molecule has 0 radical (unpaired) electrons. The van der Waals surface area contributed by atoms with Crippen LogP contribution in [0.25, 0.3) is 0 Å². The van der Waals surface area contributed by atoms with Crippen LogP contribution in [-0.4, -0.2) is 59.9 Å². The van der Waals surface area contributed by atoms with E-state index in [1.54, 1.807) is 0 Å². The van der Waals surface area contributed by atoms with Gasteiger partial charge in [0, 0.05) is 12.8 Å². The van der Waals surface area contributed by atoms with Crippen LogP contribution in [0.1, 0.15) is 180 Å². The number of nitrogens with two attached hydrogens (primary N) is 1. The highest BCUT2D eigenvalue weighted by Crippen LogP contribution is 2.43. The molecule has 0 aliphatic carbocycles. The highest BCUT2D eigenvalue weighted by atomic mass is 31.2. The zero-order valence-corrected chi connectivity index (χ0v) is 32.2. The molecule has 0 aliphatic heterocycles. The minimum atomic E-state index is -4.70. The molecular formula is C38H72NO10P. The number of allylic oxidation sites excluding steroid dienone is 1. The van der Waals surface area contributed by atoms with Gasteiger partial charge in [-0.05, 0) is 25.7 Å². The highest BCUT2D eigenvalue weighted by Gasteiger charge is 2.28. The number of carbonyl (C=O) groups excluding carboxylic acids is 2. The van der Waals surface area contributed by atoms with Gasteiger partial charge in [-0.1, -0.05) is 148 Å². The standard InChI is InChI=1S/C38H72NO10P/c1-3-5-7-9-11-13-15-16-17-18-20-22-24-26-28-30-37(41)49-34(32-47-50(44,45)48-33-35(39)38(42)43)31-46-36(40)29-27-25-23-21-19-14-12-10-8-6-4-2/h3,34-35H,1,4-33,39H2,2H3,(H,42,43)(H,44,45)/t34-,35+/m1/s1. The van der Waals surface area contributed by atoms with Crippen LogP contribution in [0.3, 0.4) is 0 Å². The van der Waals surface area contributed by atoms with Gasteiger partial charge in [-0.15, -0.1) is 6.58 Å². The number of unbranched alkanes of at least 4 members (excludes halogenated alkanes) is 23. The lowest BCUT2D eigenvalue weighted by atomic mass is 10.0. The van der Waals surface area contributed by atoms with E-state index in [1.807, 2.05) is 6.08 Å². The van der Waals surface area contributed by atoms with Crippen LogP contribution in [-0.2, 0) is 37.5 Å². The van der Waals surface area contributed by atoms with Gasteiger partial charge in [-0.2, -0.15) is 0 Å². The fourth-order valence-corrected chi connectivity index (χ4v) is 6.29. The third-order valence-electron chi connectivity index (χ3n) is 8.66. The molecule has 0 rings (SSSR count). The van der Waals surface area contributed by atoms with Gasteiger partial charge in [-0.3, -0.25) is 23.4 Å². The Balaban J connectivity index is 4.38. The number of carbonyl (C=O) groups is 3. The molecule has 0 amide bonds. The van der Waals surface area contributed by atoms with Crippen LogP contribution in [0.2, 0.25) is 0 Å². The summed E-state index contributed by atoms with van der Waals surface area (Å²) in [5, 5.41) is 8.86. The van der Waals surface area contributed by atoms with Crippen LogP contribution >= 0.6 is 7.82 Å². The molecular weight excluding hydrogens is 661 g/mol. The summed E-state index contributed by atoms with van der Waals surface area (Å²) in [5.41, 5.74) is 5.32. The van der Waals surface area contributed by atoms with Crippen molar-refractivity contribution in [3.63, 3.8) is 0 Å². The lowest BCUT2D eigenvalue weighted by Gasteiger charge is -2.20. The number of carboxylic acids is 1. The number of hydrogen-bond acceptors (Lipinski definition) is 9. The number of esters is 2. The third kappa shape index (κ3) is 33.4. The molecule has 0 saturated heterocycles. The molecule has 0 fully saturated rings. The predicted molar refractivity (Wildman–Crippen MR) is 199 cm³/mol. The molecule has 4 N–H and O–H groups in total. The first-order chi connectivity index (χ1) is 24.1. The molecule has 0 aromatic carbocycles.